The third-order valence-corrected chi connectivity index (χ3v) is 11.0. The van der Waals surface area contributed by atoms with Crippen molar-refractivity contribution < 1.29 is 0 Å². The Morgan fingerprint density at radius 2 is 0.833 bits per heavy atom. The fourth-order valence-electron chi connectivity index (χ4n) is 7.84. The second-order valence-electron chi connectivity index (χ2n) is 14.6. The maximum Gasteiger partial charge on any atom is 0.0540 e. The van der Waals surface area contributed by atoms with Crippen molar-refractivity contribution >= 4 is 38.6 Å². The van der Waals surface area contributed by atoms with Gasteiger partial charge in [0.1, 0.15) is 0 Å². The van der Waals surface area contributed by atoms with Gasteiger partial charge in [0.05, 0.1) is 5.69 Å². The van der Waals surface area contributed by atoms with Gasteiger partial charge >= 0.3 is 0 Å². The summed E-state index contributed by atoms with van der Waals surface area (Å²) >= 11 is 0. The van der Waals surface area contributed by atoms with Gasteiger partial charge in [-0.3, -0.25) is 0 Å². The molecule has 54 heavy (non-hydrogen) atoms. The Kier molecular flexibility index (Phi) is 8.61. The molecule has 0 saturated carbocycles. The molecule has 258 valence electrons. The molecular weight excluding hydrogens is 651 g/mol. The van der Waals surface area contributed by atoms with E-state index in [1.807, 2.05) is 0 Å². The summed E-state index contributed by atoms with van der Waals surface area (Å²) in [5.41, 5.74) is 13.1. The number of anilines is 3. The zero-order chi connectivity index (χ0) is 36.5. The first-order valence-electron chi connectivity index (χ1n) is 18.8. The average Bonchev–Trinajstić information content (AvgIpc) is 3.25. The van der Waals surface area contributed by atoms with Crippen molar-refractivity contribution in [2.24, 2.45) is 0 Å². The highest BCUT2D eigenvalue weighted by Crippen LogP contribution is 2.44. The van der Waals surface area contributed by atoms with E-state index in [9.17, 15) is 0 Å². The van der Waals surface area contributed by atoms with Crippen LogP contribution in [-0.4, -0.2) is 0 Å². The minimum absolute atomic E-state index is 0.176. The third-order valence-electron chi connectivity index (χ3n) is 11.0. The van der Waals surface area contributed by atoms with Gasteiger partial charge in [0.25, 0.3) is 0 Å². The van der Waals surface area contributed by atoms with Gasteiger partial charge in [-0.25, -0.2) is 0 Å². The van der Waals surface area contributed by atoms with E-state index in [4.69, 9.17) is 0 Å². The first kappa shape index (κ1) is 33.2. The van der Waals surface area contributed by atoms with Crippen LogP contribution in [0, 0.1) is 0 Å². The van der Waals surface area contributed by atoms with E-state index in [-0.39, 0.29) is 5.41 Å². The Hall–Kier alpha value is -6.70. The Labute approximate surface area is 318 Å². The van der Waals surface area contributed by atoms with Gasteiger partial charge in [0, 0.05) is 22.2 Å². The van der Waals surface area contributed by atoms with Crippen LogP contribution in [-0.2, 0) is 5.41 Å². The lowest BCUT2D eigenvalue weighted by atomic mass is 9.76. The van der Waals surface area contributed by atoms with E-state index >= 15 is 0 Å². The fourth-order valence-corrected chi connectivity index (χ4v) is 7.84. The Morgan fingerprint density at radius 1 is 0.333 bits per heavy atom. The summed E-state index contributed by atoms with van der Waals surface area (Å²) in [6.45, 7) is 4.67. The van der Waals surface area contributed by atoms with E-state index in [0.717, 1.165) is 17.1 Å². The second kappa shape index (κ2) is 14.0. The van der Waals surface area contributed by atoms with Crippen molar-refractivity contribution in [3.8, 4) is 33.4 Å². The maximum absolute atomic E-state index is 2.40. The van der Waals surface area contributed by atoms with Crippen molar-refractivity contribution in [2.45, 2.75) is 19.3 Å². The number of hydrogen-bond acceptors (Lipinski definition) is 1. The van der Waals surface area contributed by atoms with E-state index < -0.39 is 0 Å². The predicted molar refractivity (Wildman–Crippen MR) is 231 cm³/mol. The molecule has 0 aliphatic heterocycles. The van der Waals surface area contributed by atoms with Crippen LogP contribution < -0.4 is 4.90 Å². The molecule has 0 aromatic heterocycles. The lowest BCUT2D eigenvalue weighted by molar-refractivity contribution is 0.642. The van der Waals surface area contributed by atoms with Crippen LogP contribution in [0.3, 0.4) is 0 Å². The minimum atomic E-state index is -0.176. The van der Waals surface area contributed by atoms with Crippen molar-refractivity contribution in [2.75, 3.05) is 4.90 Å². The highest BCUT2D eigenvalue weighted by atomic mass is 15.1. The van der Waals surface area contributed by atoms with Crippen LogP contribution in [0.2, 0.25) is 0 Å². The SMILES string of the molecule is CC(C)(c1cccc(-c2ccc(N(c3ccc(-c4ccccc4)cc3)c3ccc(-c4ccccc4)cc3)c3ccccc23)c1)c1ccc2ccccc2c1. The standard InChI is InChI=1S/C53H41N/c1-53(2,46-29-24-40-18-9-10-19-43(40)36-46)45-21-13-20-44(37-45)49-34-35-52(51-23-12-11-22-50(49)51)54(47-30-25-41(26-31-47)38-14-5-3-6-15-38)48-32-27-42(28-33-48)39-16-7-4-8-17-39/h3-37H,1-2H3. The smallest absolute Gasteiger partial charge is 0.0540 e. The zero-order valence-corrected chi connectivity index (χ0v) is 30.7. The third kappa shape index (κ3) is 6.25. The molecule has 0 aliphatic rings. The summed E-state index contributed by atoms with van der Waals surface area (Å²) in [4.78, 5) is 2.40. The molecule has 0 N–H and O–H groups in total. The molecule has 0 saturated heterocycles. The summed E-state index contributed by atoms with van der Waals surface area (Å²) in [5.74, 6) is 0. The first-order valence-corrected chi connectivity index (χ1v) is 18.8. The van der Waals surface area contributed by atoms with Crippen LogP contribution in [0.1, 0.15) is 25.0 Å². The molecule has 0 heterocycles. The van der Waals surface area contributed by atoms with Crippen LogP contribution in [0.4, 0.5) is 17.1 Å². The van der Waals surface area contributed by atoms with Gasteiger partial charge in [-0.05, 0) is 91.0 Å². The lowest BCUT2D eigenvalue weighted by Crippen LogP contribution is -2.18. The number of hydrogen-bond donors (Lipinski definition) is 0. The molecule has 0 unspecified atom stereocenters. The molecule has 0 spiro atoms. The lowest BCUT2D eigenvalue weighted by Gasteiger charge is -2.28. The molecular formula is C53H41N. The molecule has 0 bridgehead atoms. The average molecular weight is 692 g/mol. The summed E-state index contributed by atoms with van der Waals surface area (Å²) in [5, 5.41) is 4.97. The minimum Gasteiger partial charge on any atom is -0.310 e. The predicted octanol–water partition coefficient (Wildman–Crippen LogP) is 14.8. The second-order valence-corrected chi connectivity index (χ2v) is 14.6. The van der Waals surface area contributed by atoms with Crippen LogP contribution in [0.5, 0.6) is 0 Å². The van der Waals surface area contributed by atoms with Crippen molar-refractivity contribution in [3.63, 3.8) is 0 Å². The Balaban J connectivity index is 1.15. The molecule has 0 fully saturated rings. The number of rotatable bonds is 8. The van der Waals surface area contributed by atoms with Crippen LogP contribution >= 0.6 is 0 Å². The number of fused-ring (bicyclic) bond motifs is 2. The molecule has 0 aliphatic carbocycles. The molecule has 0 atom stereocenters. The van der Waals surface area contributed by atoms with Gasteiger partial charge in [0.15, 0.2) is 0 Å². The highest BCUT2D eigenvalue weighted by Gasteiger charge is 2.24. The highest BCUT2D eigenvalue weighted by molar-refractivity contribution is 6.06. The topological polar surface area (TPSA) is 3.24 Å². The van der Waals surface area contributed by atoms with E-state index in [0.29, 0.717) is 0 Å². The van der Waals surface area contributed by atoms with Gasteiger partial charge < -0.3 is 4.90 Å². The molecule has 1 nitrogen and oxygen atoms in total. The molecule has 9 aromatic rings. The molecule has 1 heteroatoms. The normalized spacial score (nSPS) is 11.5. The molecule has 0 radical (unpaired) electrons. The maximum atomic E-state index is 2.40. The molecule has 9 aromatic carbocycles. The van der Waals surface area contributed by atoms with Gasteiger partial charge in [0.2, 0.25) is 0 Å². The fraction of sp³-hybridized carbons (Fsp3) is 0.0566. The number of benzene rings is 9. The van der Waals surface area contributed by atoms with Crippen molar-refractivity contribution in [3.05, 3.63) is 223 Å². The summed E-state index contributed by atoms with van der Waals surface area (Å²) in [6.07, 6.45) is 0. The Morgan fingerprint density at radius 3 is 1.46 bits per heavy atom. The zero-order valence-electron chi connectivity index (χ0n) is 30.7. The molecule has 0 amide bonds. The van der Waals surface area contributed by atoms with E-state index in [1.165, 1.54) is 66.1 Å². The van der Waals surface area contributed by atoms with E-state index in [1.54, 1.807) is 0 Å². The quantitative estimate of drug-likeness (QED) is 0.153. The first-order chi connectivity index (χ1) is 26.5. The van der Waals surface area contributed by atoms with Gasteiger partial charge in [-0.15, -0.1) is 0 Å². The largest absolute Gasteiger partial charge is 0.310 e. The molecule has 9 rings (SSSR count). The van der Waals surface area contributed by atoms with Crippen LogP contribution in [0.25, 0.3) is 54.9 Å². The van der Waals surface area contributed by atoms with Gasteiger partial charge in [-0.1, -0.05) is 196 Å². The van der Waals surface area contributed by atoms with E-state index in [2.05, 4.69) is 231 Å². The monoisotopic (exact) mass is 691 g/mol. The number of nitrogens with zero attached hydrogens (tertiary/aromatic N) is 1. The summed E-state index contributed by atoms with van der Waals surface area (Å²) in [7, 11) is 0. The summed E-state index contributed by atoms with van der Waals surface area (Å²) < 4.78 is 0. The van der Waals surface area contributed by atoms with Crippen molar-refractivity contribution in [1.82, 2.24) is 0 Å². The van der Waals surface area contributed by atoms with Crippen LogP contribution in [0.15, 0.2) is 212 Å². The Bertz CT molecular complexity index is 2630. The van der Waals surface area contributed by atoms with Crippen molar-refractivity contribution in [1.29, 1.82) is 0 Å². The summed E-state index contributed by atoms with van der Waals surface area (Å²) in [6, 6.07) is 77.2. The van der Waals surface area contributed by atoms with Gasteiger partial charge in [-0.2, -0.15) is 0 Å².